The summed E-state index contributed by atoms with van der Waals surface area (Å²) >= 11 is 0. The van der Waals surface area contributed by atoms with Gasteiger partial charge in [0.05, 0.1) is 17.7 Å². The quantitative estimate of drug-likeness (QED) is 0.825. The second-order valence-electron chi connectivity index (χ2n) is 6.82. The Morgan fingerprint density at radius 1 is 1.04 bits per heavy atom. The Balaban J connectivity index is 1.37. The van der Waals surface area contributed by atoms with Gasteiger partial charge < -0.3 is 20.4 Å². The molecule has 0 saturated carbocycles. The van der Waals surface area contributed by atoms with E-state index in [4.69, 9.17) is 0 Å². The van der Waals surface area contributed by atoms with Crippen LogP contribution in [0.15, 0.2) is 48.7 Å². The Kier molecular flexibility index (Phi) is 4.92. The Morgan fingerprint density at radius 2 is 1.79 bits per heavy atom. The number of carbonyl (C=O) groups excluding carboxylic acids is 3. The standard InChI is InChI=1S/C20H21N5O3/c26-18(25-11-9-24(10-12-25)17-7-3-4-8-21-17)13-16-20(28)22-15-6-2-1-5-14(15)19(27)23-16/h1-8,16H,9-13H2,(H,22,28)(H,23,27)/t16-/m1/s1. The number of anilines is 2. The molecule has 0 radical (unpaired) electrons. The van der Waals surface area contributed by atoms with E-state index >= 15 is 0 Å². The molecule has 28 heavy (non-hydrogen) atoms. The van der Waals surface area contributed by atoms with E-state index in [-0.39, 0.29) is 24.1 Å². The molecule has 0 aliphatic carbocycles. The van der Waals surface area contributed by atoms with Crippen molar-refractivity contribution < 1.29 is 14.4 Å². The topological polar surface area (TPSA) is 94.6 Å². The van der Waals surface area contributed by atoms with E-state index in [9.17, 15) is 14.4 Å². The number of amides is 3. The van der Waals surface area contributed by atoms with Crippen molar-refractivity contribution in [2.75, 3.05) is 36.4 Å². The van der Waals surface area contributed by atoms with E-state index < -0.39 is 6.04 Å². The number of benzene rings is 1. The molecule has 8 nitrogen and oxygen atoms in total. The van der Waals surface area contributed by atoms with Crippen LogP contribution in [0.5, 0.6) is 0 Å². The van der Waals surface area contributed by atoms with Crippen molar-refractivity contribution in [3.05, 3.63) is 54.2 Å². The molecule has 1 saturated heterocycles. The van der Waals surface area contributed by atoms with Crippen molar-refractivity contribution in [2.24, 2.45) is 0 Å². The fraction of sp³-hybridized carbons (Fsp3) is 0.300. The molecule has 2 N–H and O–H groups in total. The molecule has 2 aliphatic heterocycles. The normalized spacial score (nSPS) is 19.4. The van der Waals surface area contributed by atoms with Gasteiger partial charge in [0.15, 0.2) is 0 Å². The molecule has 8 heteroatoms. The van der Waals surface area contributed by atoms with Gasteiger partial charge in [0.25, 0.3) is 5.91 Å². The van der Waals surface area contributed by atoms with Crippen LogP contribution in [-0.4, -0.2) is 59.8 Å². The molecule has 1 atom stereocenters. The summed E-state index contributed by atoms with van der Waals surface area (Å²) in [5.74, 6) is 0.0142. The molecule has 1 aromatic heterocycles. The van der Waals surface area contributed by atoms with E-state index in [2.05, 4.69) is 20.5 Å². The van der Waals surface area contributed by atoms with Gasteiger partial charge >= 0.3 is 0 Å². The maximum atomic E-state index is 12.7. The maximum Gasteiger partial charge on any atom is 0.254 e. The summed E-state index contributed by atoms with van der Waals surface area (Å²) in [4.78, 5) is 45.7. The lowest BCUT2D eigenvalue weighted by Gasteiger charge is -2.35. The molecule has 2 aliphatic rings. The highest BCUT2D eigenvalue weighted by Crippen LogP contribution is 2.19. The summed E-state index contributed by atoms with van der Waals surface area (Å²) in [6.07, 6.45) is 1.69. The first-order valence-corrected chi connectivity index (χ1v) is 9.26. The first-order chi connectivity index (χ1) is 13.6. The number of para-hydroxylation sites is 1. The molecule has 3 amide bonds. The third kappa shape index (κ3) is 3.66. The van der Waals surface area contributed by atoms with Crippen molar-refractivity contribution in [3.8, 4) is 0 Å². The number of pyridine rings is 1. The fourth-order valence-corrected chi connectivity index (χ4v) is 3.48. The van der Waals surface area contributed by atoms with Gasteiger partial charge in [-0.3, -0.25) is 14.4 Å². The molecule has 144 valence electrons. The van der Waals surface area contributed by atoms with Crippen LogP contribution >= 0.6 is 0 Å². The van der Waals surface area contributed by atoms with Gasteiger partial charge in [-0.2, -0.15) is 0 Å². The number of nitrogens with zero attached hydrogens (tertiary/aromatic N) is 3. The summed E-state index contributed by atoms with van der Waals surface area (Å²) in [6, 6.07) is 11.7. The third-order valence-electron chi connectivity index (χ3n) is 5.04. The molecule has 4 rings (SSSR count). The fourth-order valence-electron chi connectivity index (χ4n) is 3.48. The van der Waals surface area contributed by atoms with Crippen LogP contribution in [0.1, 0.15) is 16.8 Å². The second-order valence-corrected chi connectivity index (χ2v) is 6.82. The number of hydrogen-bond donors (Lipinski definition) is 2. The minimum Gasteiger partial charge on any atom is -0.353 e. The van der Waals surface area contributed by atoms with Gasteiger partial charge in [-0.25, -0.2) is 4.98 Å². The summed E-state index contributed by atoms with van der Waals surface area (Å²) in [6.45, 7) is 2.46. The lowest BCUT2D eigenvalue weighted by atomic mass is 10.1. The summed E-state index contributed by atoms with van der Waals surface area (Å²) in [5.41, 5.74) is 0.860. The first kappa shape index (κ1) is 18.0. The zero-order valence-electron chi connectivity index (χ0n) is 15.3. The molecule has 0 unspecified atom stereocenters. The van der Waals surface area contributed by atoms with E-state index in [1.165, 1.54) is 0 Å². The lowest BCUT2D eigenvalue weighted by molar-refractivity contribution is -0.134. The van der Waals surface area contributed by atoms with Crippen molar-refractivity contribution in [1.29, 1.82) is 0 Å². The monoisotopic (exact) mass is 379 g/mol. The molecule has 1 fully saturated rings. The van der Waals surface area contributed by atoms with Crippen LogP contribution in [0.25, 0.3) is 0 Å². The highest BCUT2D eigenvalue weighted by molar-refractivity contribution is 6.10. The van der Waals surface area contributed by atoms with Gasteiger partial charge in [-0.15, -0.1) is 0 Å². The van der Waals surface area contributed by atoms with Gasteiger partial charge in [0.1, 0.15) is 11.9 Å². The van der Waals surface area contributed by atoms with Crippen molar-refractivity contribution >= 4 is 29.2 Å². The van der Waals surface area contributed by atoms with Crippen LogP contribution in [0, 0.1) is 0 Å². The third-order valence-corrected chi connectivity index (χ3v) is 5.04. The maximum absolute atomic E-state index is 12.7. The van der Waals surface area contributed by atoms with E-state index in [1.807, 2.05) is 18.2 Å². The Hall–Kier alpha value is -3.42. The highest BCUT2D eigenvalue weighted by atomic mass is 16.2. The summed E-state index contributed by atoms with van der Waals surface area (Å²) < 4.78 is 0. The molecule has 2 aromatic rings. The molecular weight excluding hydrogens is 358 g/mol. The molecule has 0 bridgehead atoms. The highest BCUT2D eigenvalue weighted by Gasteiger charge is 2.31. The van der Waals surface area contributed by atoms with Crippen LogP contribution in [-0.2, 0) is 9.59 Å². The molecule has 3 heterocycles. The number of nitrogens with one attached hydrogen (secondary N) is 2. The van der Waals surface area contributed by atoms with E-state index in [0.717, 1.165) is 5.82 Å². The number of carbonyl (C=O) groups is 3. The number of aromatic nitrogens is 1. The number of piperazine rings is 1. The van der Waals surface area contributed by atoms with Gasteiger partial charge in [0, 0.05) is 32.4 Å². The average Bonchev–Trinajstić information content (AvgIpc) is 2.85. The van der Waals surface area contributed by atoms with E-state index in [1.54, 1.807) is 35.4 Å². The van der Waals surface area contributed by atoms with Crippen molar-refractivity contribution in [1.82, 2.24) is 15.2 Å². The Bertz CT molecular complexity index is 894. The van der Waals surface area contributed by atoms with E-state index in [0.29, 0.717) is 37.4 Å². The average molecular weight is 379 g/mol. The Labute approximate surface area is 162 Å². The molecular formula is C20H21N5O3. The first-order valence-electron chi connectivity index (χ1n) is 9.26. The van der Waals surface area contributed by atoms with Gasteiger partial charge in [-0.1, -0.05) is 18.2 Å². The zero-order valence-corrected chi connectivity index (χ0v) is 15.3. The minimum atomic E-state index is -0.888. The van der Waals surface area contributed by atoms with Crippen LogP contribution < -0.4 is 15.5 Å². The summed E-state index contributed by atoms with van der Waals surface area (Å²) in [7, 11) is 0. The number of hydrogen-bond acceptors (Lipinski definition) is 5. The smallest absolute Gasteiger partial charge is 0.254 e. The van der Waals surface area contributed by atoms with Crippen molar-refractivity contribution in [3.63, 3.8) is 0 Å². The predicted octanol–water partition coefficient (Wildman–Crippen LogP) is 0.871. The minimum absolute atomic E-state index is 0.0604. The van der Waals surface area contributed by atoms with Gasteiger partial charge in [-0.05, 0) is 24.3 Å². The predicted molar refractivity (Wildman–Crippen MR) is 104 cm³/mol. The number of fused-ring (bicyclic) bond motifs is 1. The van der Waals surface area contributed by atoms with Crippen LogP contribution in [0.2, 0.25) is 0 Å². The lowest BCUT2D eigenvalue weighted by Crippen LogP contribution is -2.51. The van der Waals surface area contributed by atoms with Crippen LogP contribution in [0.3, 0.4) is 0 Å². The van der Waals surface area contributed by atoms with Crippen LogP contribution in [0.4, 0.5) is 11.5 Å². The molecule has 0 spiro atoms. The molecule has 1 aromatic carbocycles. The second kappa shape index (κ2) is 7.67. The summed E-state index contributed by atoms with van der Waals surface area (Å²) in [5, 5.41) is 5.40. The SMILES string of the molecule is O=C1N[C@H](CC(=O)N2CCN(c3ccccn3)CC2)C(=O)Nc2ccccc21. The van der Waals surface area contributed by atoms with Gasteiger partial charge in [0.2, 0.25) is 11.8 Å². The zero-order chi connectivity index (χ0) is 19.5. The Morgan fingerprint density at radius 3 is 2.54 bits per heavy atom. The number of rotatable bonds is 3. The largest absolute Gasteiger partial charge is 0.353 e. The van der Waals surface area contributed by atoms with Crippen molar-refractivity contribution in [2.45, 2.75) is 12.5 Å².